The number of benzene rings is 1. The summed E-state index contributed by atoms with van der Waals surface area (Å²) >= 11 is 0. The molecular weight excluding hydrogens is 418 g/mol. The monoisotopic (exact) mass is 443 g/mol. The summed E-state index contributed by atoms with van der Waals surface area (Å²) in [6.07, 6.45) is 4.94. The fraction of sp³-hybridized carbons (Fsp3) is 0.280. The second-order valence-corrected chi connectivity index (χ2v) is 8.11. The molecule has 0 atom stereocenters. The molecule has 4 heterocycles. The van der Waals surface area contributed by atoms with Crippen molar-refractivity contribution in [2.45, 2.75) is 19.8 Å². The summed E-state index contributed by atoms with van der Waals surface area (Å²) in [6.45, 7) is 3.25. The molecule has 1 aliphatic rings. The van der Waals surface area contributed by atoms with Crippen LogP contribution in [-0.4, -0.2) is 56.4 Å². The highest BCUT2D eigenvalue weighted by Gasteiger charge is 2.29. The van der Waals surface area contributed by atoms with Gasteiger partial charge in [0.1, 0.15) is 11.4 Å². The summed E-state index contributed by atoms with van der Waals surface area (Å²) in [4.78, 5) is 43.1. The second-order valence-electron chi connectivity index (χ2n) is 8.11. The number of carbonyl (C=O) groups excluding carboxylic acids is 2. The average molecular weight is 444 g/mol. The van der Waals surface area contributed by atoms with Crippen LogP contribution in [0.15, 0.2) is 54.9 Å². The molecule has 2 N–H and O–H groups in total. The van der Waals surface area contributed by atoms with Crippen LogP contribution in [0.5, 0.6) is 0 Å². The highest BCUT2D eigenvalue weighted by molar-refractivity contribution is 5.98. The molecule has 0 radical (unpaired) electrons. The van der Waals surface area contributed by atoms with Gasteiger partial charge in [-0.05, 0) is 62.2 Å². The molecule has 0 aliphatic carbocycles. The molecular formula is C25H25N5O3. The molecule has 168 valence electrons. The lowest BCUT2D eigenvalue weighted by Crippen LogP contribution is -2.40. The van der Waals surface area contributed by atoms with E-state index in [0.29, 0.717) is 49.1 Å². The minimum atomic E-state index is -0.166. The topological polar surface area (TPSA) is 104 Å². The van der Waals surface area contributed by atoms with Crippen molar-refractivity contribution in [3.05, 3.63) is 60.4 Å². The third-order valence-electron chi connectivity index (χ3n) is 6.02. The highest BCUT2D eigenvalue weighted by Crippen LogP contribution is 2.30. The number of aromatic amines is 2. The Hall–Kier alpha value is -3.94. The van der Waals surface area contributed by atoms with Gasteiger partial charge in [0.25, 0.3) is 5.91 Å². The number of piperidine rings is 1. The normalized spacial score (nSPS) is 14.5. The van der Waals surface area contributed by atoms with Crippen LogP contribution in [0.4, 0.5) is 0 Å². The lowest BCUT2D eigenvalue weighted by Gasteiger charge is -2.31. The Morgan fingerprint density at radius 1 is 0.970 bits per heavy atom. The summed E-state index contributed by atoms with van der Waals surface area (Å²) < 4.78 is 5.13. The molecule has 8 nitrogen and oxygen atoms in total. The van der Waals surface area contributed by atoms with Crippen LogP contribution < -0.4 is 0 Å². The van der Waals surface area contributed by atoms with Crippen LogP contribution in [0.3, 0.4) is 0 Å². The number of H-pyrrole nitrogens is 2. The fourth-order valence-electron chi connectivity index (χ4n) is 4.28. The number of esters is 1. The number of amides is 1. The molecule has 3 aromatic heterocycles. The molecule has 0 unspecified atom stereocenters. The van der Waals surface area contributed by atoms with E-state index in [1.54, 1.807) is 17.0 Å². The van der Waals surface area contributed by atoms with Crippen molar-refractivity contribution in [2.24, 2.45) is 5.92 Å². The zero-order valence-corrected chi connectivity index (χ0v) is 18.4. The van der Waals surface area contributed by atoms with Crippen LogP contribution in [0.25, 0.3) is 33.8 Å². The van der Waals surface area contributed by atoms with E-state index in [-0.39, 0.29) is 17.8 Å². The standard InChI is InChI=1S/C25H25N5O3/c1-2-33-25(32)16-9-13-30(14-10-16)24(31)17-7-8-18-21(15-17)29-23(20-6-4-12-27-20)22(28-18)19-5-3-11-26-19/h3-8,11-12,15-16,26-27H,2,9-10,13-14H2,1H3. The van der Waals surface area contributed by atoms with E-state index in [1.807, 2.05) is 49.6 Å². The maximum Gasteiger partial charge on any atom is 0.309 e. The number of likely N-dealkylation sites (tertiary alicyclic amines) is 1. The van der Waals surface area contributed by atoms with Gasteiger partial charge in [-0.1, -0.05) is 0 Å². The Bertz CT molecular complexity index is 1270. The van der Waals surface area contributed by atoms with Crippen LogP contribution >= 0.6 is 0 Å². The summed E-state index contributed by atoms with van der Waals surface area (Å²) in [6, 6.07) is 13.2. The van der Waals surface area contributed by atoms with Crippen molar-refractivity contribution in [3.63, 3.8) is 0 Å². The quantitative estimate of drug-likeness (QED) is 0.453. The molecule has 1 amide bonds. The van der Waals surface area contributed by atoms with Crippen molar-refractivity contribution < 1.29 is 14.3 Å². The first-order valence-electron chi connectivity index (χ1n) is 11.2. The van der Waals surface area contributed by atoms with Gasteiger partial charge in [-0.15, -0.1) is 0 Å². The molecule has 0 spiro atoms. The first-order valence-corrected chi connectivity index (χ1v) is 11.2. The maximum absolute atomic E-state index is 13.2. The van der Waals surface area contributed by atoms with Gasteiger partial charge in [0.05, 0.1) is 34.9 Å². The number of rotatable bonds is 5. The Balaban J connectivity index is 1.43. The third-order valence-corrected chi connectivity index (χ3v) is 6.02. The first-order chi connectivity index (χ1) is 16.1. The van der Waals surface area contributed by atoms with Gasteiger partial charge in [0, 0.05) is 31.0 Å². The molecule has 0 saturated carbocycles. The smallest absolute Gasteiger partial charge is 0.309 e. The van der Waals surface area contributed by atoms with E-state index in [4.69, 9.17) is 14.7 Å². The van der Waals surface area contributed by atoms with Crippen molar-refractivity contribution >= 4 is 22.9 Å². The minimum absolute atomic E-state index is 0.0594. The van der Waals surface area contributed by atoms with E-state index < -0.39 is 0 Å². The lowest BCUT2D eigenvalue weighted by atomic mass is 9.96. The molecule has 4 aromatic rings. The molecule has 8 heteroatoms. The van der Waals surface area contributed by atoms with Crippen LogP contribution in [0, 0.1) is 5.92 Å². The summed E-state index contributed by atoms with van der Waals surface area (Å²) in [7, 11) is 0. The Kier molecular flexibility index (Phi) is 5.64. The first kappa shape index (κ1) is 20.9. The number of fused-ring (bicyclic) bond motifs is 1. The molecule has 1 aromatic carbocycles. The number of aromatic nitrogens is 4. The Labute approximate surface area is 191 Å². The predicted molar refractivity (Wildman–Crippen MR) is 124 cm³/mol. The number of hydrogen-bond donors (Lipinski definition) is 2. The van der Waals surface area contributed by atoms with Crippen LogP contribution in [0.2, 0.25) is 0 Å². The second kappa shape index (κ2) is 8.90. The summed E-state index contributed by atoms with van der Waals surface area (Å²) in [5.74, 6) is -0.359. The zero-order chi connectivity index (χ0) is 22.8. The number of nitrogens with zero attached hydrogens (tertiary/aromatic N) is 3. The number of carbonyl (C=O) groups is 2. The molecule has 33 heavy (non-hydrogen) atoms. The molecule has 1 saturated heterocycles. The number of nitrogens with one attached hydrogen (secondary N) is 2. The molecule has 1 fully saturated rings. The molecule has 0 bridgehead atoms. The van der Waals surface area contributed by atoms with Gasteiger partial charge in [0.15, 0.2) is 0 Å². The zero-order valence-electron chi connectivity index (χ0n) is 18.4. The summed E-state index contributed by atoms with van der Waals surface area (Å²) in [5, 5.41) is 0. The fourth-order valence-corrected chi connectivity index (χ4v) is 4.28. The summed E-state index contributed by atoms with van der Waals surface area (Å²) in [5.41, 5.74) is 5.13. The average Bonchev–Trinajstić information content (AvgIpc) is 3.57. The van der Waals surface area contributed by atoms with E-state index in [1.165, 1.54) is 0 Å². The largest absolute Gasteiger partial charge is 0.466 e. The lowest BCUT2D eigenvalue weighted by molar-refractivity contribution is -0.149. The van der Waals surface area contributed by atoms with Gasteiger partial charge in [-0.3, -0.25) is 9.59 Å². The van der Waals surface area contributed by atoms with E-state index in [9.17, 15) is 9.59 Å². The molecule has 5 rings (SSSR count). The van der Waals surface area contributed by atoms with Crippen LogP contribution in [0.1, 0.15) is 30.1 Å². The van der Waals surface area contributed by atoms with Gasteiger partial charge >= 0.3 is 5.97 Å². The third kappa shape index (κ3) is 4.11. The predicted octanol–water partition coefficient (Wildman–Crippen LogP) is 4.04. The van der Waals surface area contributed by atoms with Gasteiger partial charge in [0.2, 0.25) is 0 Å². The number of ether oxygens (including phenoxy) is 1. The van der Waals surface area contributed by atoms with E-state index in [0.717, 1.165) is 22.8 Å². The van der Waals surface area contributed by atoms with E-state index in [2.05, 4.69) is 9.97 Å². The number of hydrogen-bond acceptors (Lipinski definition) is 5. The SMILES string of the molecule is CCOC(=O)C1CCN(C(=O)c2ccc3nc(-c4ccc[nH]4)c(-c4ccc[nH]4)nc3c2)CC1. The van der Waals surface area contributed by atoms with Gasteiger partial charge < -0.3 is 19.6 Å². The van der Waals surface area contributed by atoms with Gasteiger partial charge in [-0.25, -0.2) is 9.97 Å². The Morgan fingerprint density at radius 2 is 1.61 bits per heavy atom. The van der Waals surface area contributed by atoms with Crippen molar-refractivity contribution in [1.82, 2.24) is 24.8 Å². The minimum Gasteiger partial charge on any atom is -0.466 e. The van der Waals surface area contributed by atoms with Crippen molar-refractivity contribution in [2.75, 3.05) is 19.7 Å². The molecule has 1 aliphatic heterocycles. The van der Waals surface area contributed by atoms with Crippen molar-refractivity contribution in [3.8, 4) is 22.8 Å². The van der Waals surface area contributed by atoms with Crippen LogP contribution in [-0.2, 0) is 9.53 Å². The Morgan fingerprint density at radius 3 is 2.18 bits per heavy atom. The van der Waals surface area contributed by atoms with Crippen molar-refractivity contribution in [1.29, 1.82) is 0 Å². The highest BCUT2D eigenvalue weighted by atomic mass is 16.5. The van der Waals surface area contributed by atoms with Gasteiger partial charge in [-0.2, -0.15) is 0 Å². The maximum atomic E-state index is 13.2. The van der Waals surface area contributed by atoms with E-state index >= 15 is 0 Å².